The zero-order valence-electron chi connectivity index (χ0n) is 20.0. The zero-order chi connectivity index (χ0) is 24.0. The number of ether oxygens (including phenoxy) is 1. The second kappa shape index (κ2) is 11.2. The molecule has 33 heavy (non-hydrogen) atoms. The zero-order valence-corrected chi connectivity index (χ0v) is 20.0. The smallest absolute Gasteiger partial charge is 0.310 e. The average molecular weight is 459 g/mol. The molecule has 9 nitrogen and oxygen atoms in total. The maximum Gasteiger partial charge on any atom is 0.310 e. The molecule has 0 aliphatic carbocycles. The Kier molecular flexibility index (Phi) is 8.30. The Bertz CT molecular complexity index is 964. The van der Waals surface area contributed by atoms with Crippen LogP contribution >= 0.6 is 0 Å². The van der Waals surface area contributed by atoms with Gasteiger partial charge in [-0.1, -0.05) is 19.0 Å². The summed E-state index contributed by atoms with van der Waals surface area (Å²) in [6, 6.07) is 5.42. The molecule has 0 saturated carbocycles. The summed E-state index contributed by atoms with van der Waals surface area (Å²) in [6.45, 7) is 7.94. The highest BCUT2D eigenvalue weighted by molar-refractivity contribution is 5.93. The Morgan fingerprint density at radius 3 is 2.79 bits per heavy atom. The summed E-state index contributed by atoms with van der Waals surface area (Å²) in [7, 11) is 1.89. The molecular weight excluding hydrogens is 424 g/mol. The molecule has 2 aromatic rings. The van der Waals surface area contributed by atoms with E-state index in [-0.39, 0.29) is 48.3 Å². The standard InChI is InChI=1S/C24H34N4O5/c1-5-32-24(31)18-8-6-12-27(16-18)22(29)10-13-28(15-17(2)3)23(30)19-14-21(33-25-19)20-9-7-11-26(20)4/h7,9,11,14,17-18H,5-6,8,10,12-13,15-16H2,1-4H3. The molecule has 1 fully saturated rings. The summed E-state index contributed by atoms with van der Waals surface area (Å²) >= 11 is 0. The molecular formula is C24H34N4O5. The molecule has 2 amide bonds. The van der Waals surface area contributed by atoms with Gasteiger partial charge in [-0.05, 0) is 37.8 Å². The quantitative estimate of drug-likeness (QED) is 0.536. The first-order chi connectivity index (χ1) is 15.8. The molecule has 1 atom stereocenters. The maximum atomic E-state index is 13.2. The Labute approximate surface area is 194 Å². The monoisotopic (exact) mass is 458 g/mol. The van der Waals surface area contributed by atoms with Gasteiger partial charge in [0.05, 0.1) is 18.2 Å². The summed E-state index contributed by atoms with van der Waals surface area (Å²) in [4.78, 5) is 41.5. The van der Waals surface area contributed by atoms with Gasteiger partial charge in [0.1, 0.15) is 0 Å². The fourth-order valence-corrected chi connectivity index (χ4v) is 4.14. The molecule has 0 radical (unpaired) electrons. The minimum atomic E-state index is -0.276. The van der Waals surface area contributed by atoms with Crippen molar-refractivity contribution in [2.75, 3.05) is 32.8 Å². The van der Waals surface area contributed by atoms with Gasteiger partial charge in [0.2, 0.25) is 5.91 Å². The highest BCUT2D eigenvalue weighted by Gasteiger charge is 2.30. The third-order valence-corrected chi connectivity index (χ3v) is 5.79. The van der Waals surface area contributed by atoms with Gasteiger partial charge in [-0.25, -0.2) is 0 Å². The summed E-state index contributed by atoms with van der Waals surface area (Å²) in [5, 5.41) is 3.98. The van der Waals surface area contributed by atoms with Crippen molar-refractivity contribution >= 4 is 17.8 Å². The van der Waals surface area contributed by atoms with Crippen LogP contribution in [-0.4, -0.2) is 70.1 Å². The van der Waals surface area contributed by atoms with E-state index in [0.717, 1.165) is 18.5 Å². The van der Waals surface area contributed by atoms with E-state index in [2.05, 4.69) is 5.16 Å². The fraction of sp³-hybridized carbons (Fsp3) is 0.583. The van der Waals surface area contributed by atoms with Crippen LogP contribution in [0.15, 0.2) is 28.9 Å². The molecule has 0 spiro atoms. The third-order valence-electron chi connectivity index (χ3n) is 5.79. The van der Waals surface area contributed by atoms with Crippen molar-refractivity contribution in [2.24, 2.45) is 18.9 Å². The molecule has 3 heterocycles. The van der Waals surface area contributed by atoms with Crippen molar-refractivity contribution in [2.45, 2.75) is 40.0 Å². The fourth-order valence-electron chi connectivity index (χ4n) is 4.14. The van der Waals surface area contributed by atoms with E-state index in [1.807, 2.05) is 43.8 Å². The second-order valence-electron chi connectivity index (χ2n) is 8.91. The minimum absolute atomic E-state index is 0.0600. The molecule has 2 aromatic heterocycles. The number of carbonyl (C=O) groups is 3. The van der Waals surface area contributed by atoms with E-state index in [0.29, 0.717) is 32.0 Å². The molecule has 9 heteroatoms. The molecule has 3 rings (SSSR count). The number of aromatic nitrogens is 2. The lowest BCUT2D eigenvalue weighted by Crippen LogP contribution is -2.44. The molecule has 0 bridgehead atoms. The number of aryl methyl sites for hydroxylation is 1. The van der Waals surface area contributed by atoms with Crippen LogP contribution in [0.5, 0.6) is 0 Å². The molecule has 0 aromatic carbocycles. The first-order valence-electron chi connectivity index (χ1n) is 11.6. The summed E-state index contributed by atoms with van der Waals surface area (Å²) in [6.07, 6.45) is 3.58. The number of hydrogen-bond acceptors (Lipinski definition) is 6. The van der Waals surface area contributed by atoms with Gasteiger partial charge in [-0.2, -0.15) is 0 Å². The van der Waals surface area contributed by atoms with Crippen molar-refractivity contribution < 1.29 is 23.6 Å². The SMILES string of the molecule is CCOC(=O)C1CCCN(C(=O)CCN(CC(C)C)C(=O)c2cc(-c3cccn3C)on2)C1. The van der Waals surface area contributed by atoms with Crippen LogP contribution in [0.25, 0.3) is 11.5 Å². The minimum Gasteiger partial charge on any atom is -0.466 e. The lowest BCUT2D eigenvalue weighted by Gasteiger charge is -2.32. The molecule has 1 aliphatic rings. The number of nitrogens with zero attached hydrogens (tertiary/aromatic N) is 4. The van der Waals surface area contributed by atoms with Crippen LogP contribution in [0, 0.1) is 11.8 Å². The van der Waals surface area contributed by atoms with Gasteiger partial charge in [0.15, 0.2) is 11.5 Å². The van der Waals surface area contributed by atoms with Crippen molar-refractivity contribution in [1.82, 2.24) is 19.5 Å². The van der Waals surface area contributed by atoms with Gasteiger partial charge in [-0.15, -0.1) is 0 Å². The van der Waals surface area contributed by atoms with Gasteiger partial charge in [0.25, 0.3) is 5.91 Å². The van der Waals surface area contributed by atoms with Crippen LogP contribution in [0.4, 0.5) is 0 Å². The number of amides is 2. The maximum absolute atomic E-state index is 13.2. The second-order valence-corrected chi connectivity index (χ2v) is 8.91. The van der Waals surface area contributed by atoms with Gasteiger partial charge in [0, 0.05) is 51.9 Å². The highest BCUT2D eigenvalue weighted by atomic mass is 16.5. The van der Waals surface area contributed by atoms with Crippen LogP contribution in [0.1, 0.15) is 50.5 Å². The molecule has 180 valence electrons. The Hall–Kier alpha value is -3.10. The van der Waals surface area contributed by atoms with Crippen LogP contribution in [0.3, 0.4) is 0 Å². The Balaban J connectivity index is 1.63. The first kappa shape index (κ1) is 24.5. The van der Waals surface area contributed by atoms with E-state index in [4.69, 9.17) is 9.26 Å². The largest absolute Gasteiger partial charge is 0.466 e. The number of esters is 1. The highest BCUT2D eigenvalue weighted by Crippen LogP contribution is 2.22. The van der Waals surface area contributed by atoms with Crippen molar-refractivity contribution in [3.05, 3.63) is 30.1 Å². The molecule has 0 N–H and O–H groups in total. The number of carbonyl (C=O) groups excluding carboxylic acids is 3. The number of piperidine rings is 1. The normalized spacial score (nSPS) is 16.2. The lowest BCUT2D eigenvalue weighted by molar-refractivity contribution is -0.151. The Morgan fingerprint density at radius 1 is 1.33 bits per heavy atom. The molecule has 1 unspecified atom stereocenters. The van der Waals surface area contributed by atoms with Gasteiger partial charge < -0.3 is 23.6 Å². The van der Waals surface area contributed by atoms with Crippen LogP contribution in [-0.2, 0) is 21.4 Å². The third kappa shape index (κ3) is 6.24. The molecule has 1 saturated heterocycles. The molecule has 1 aliphatic heterocycles. The van der Waals surface area contributed by atoms with Gasteiger partial charge in [-0.3, -0.25) is 14.4 Å². The van der Waals surface area contributed by atoms with Crippen molar-refractivity contribution in [1.29, 1.82) is 0 Å². The van der Waals surface area contributed by atoms with E-state index < -0.39 is 0 Å². The number of rotatable bonds is 9. The van der Waals surface area contributed by atoms with Crippen LogP contribution < -0.4 is 0 Å². The topological polar surface area (TPSA) is 97.9 Å². The predicted octanol–water partition coefficient (Wildman–Crippen LogP) is 2.97. The summed E-state index contributed by atoms with van der Waals surface area (Å²) in [5.74, 6) is -0.0935. The number of likely N-dealkylation sites (tertiary alicyclic amines) is 1. The van der Waals surface area contributed by atoms with E-state index >= 15 is 0 Å². The van der Waals surface area contributed by atoms with Crippen molar-refractivity contribution in [3.63, 3.8) is 0 Å². The van der Waals surface area contributed by atoms with Crippen LogP contribution in [0.2, 0.25) is 0 Å². The van der Waals surface area contributed by atoms with Crippen molar-refractivity contribution in [3.8, 4) is 11.5 Å². The van der Waals surface area contributed by atoms with E-state index in [9.17, 15) is 14.4 Å². The summed E-state index contributed by atoms with van der Waals surface area (Å²) in [5.41, 5.74) is 1.05. The van der Waals surface area contributed by atoms with E-state index in [1.54, 1.807) is 22.8 Å². The first-order valence-corrected chi connectivity index (χ1v) is 11.6. The predicted molar refractivity (Wildman–Crippen MR) is 122 cm³/mol. The van der Waals surface area contributed by atoms with E-state index in [1.165, 1.54) is 0 Å². The number of hydrogen-bond donors (Lipinski definition) is 0. The Morgan fingerprint density at radius 2 is 2.12 bits per heavy atom. The lowest BCUT2D eigenvalue weighted by atomic mass is 9.98. The summed E-state index contributed by atoms with van der Waals surface area (Å²) < 4.78 is 12.4. The van der Waals surface area contributed by atoms with Gasteiger partial charge >= 0.3 is 5.97 Å². The average Bonchev–Trinajstić information content (AvgIpc) is 3.44.